The molecular formula is C11H16N2O. The van der Waals surface area contributed by atoms with Crippen LogP contribution in [0.25, 0.3) is 0 Å². The van der Waals surface area contributed by atoms with Gasteiger partial charge in [0.05, 0.1) is 12.8 Å². The zero-order chi connectivity index (χ0) is 10.1. The second-order valence-electron chi connectivity index (χ2n) is 3.91. The highest BCUT2D eigenvalue weighted by Crippen LogP contribution is 2.22. The molecule has 0 spiro atoms. The van der Waals surface area contributed by atoms with E-state index in [0.29, 0.717) is 0 Å². The minimum Gasteiger partial charge on any atom is -0.481 e. The number of methoxy groups -OCH3 is 1. The molecule has 0 aliphatic carbocycles. The summed E-state index contributed by atoms with van der Waals surface area (Å²) in [6.45, 7) is 4.14. The molecule has 0 fully saturated rings. The van der Waals surface area contributed by atoms with E-state index in [4.69, 9.17) is 4.74 Å². The van der Waals surface area contributed by atoms with Gasteiger partial charge in [-0.1, -0.05) is 0 Å². The van der Waals surface area contributed by atoms with Crippen molar-refractivity contribution >= 4 is 0 Å². The smallest absolute Gasteiger partial charge is 0.216 e. The van der Waals surface area contributed by atoms with Crippen molar-refractivity contribution in [1.29, 1.82) is 0 Å². The molecule has 76 valence electrons. The van der Waals surface area contributed by atoms with E-state index in [1.54, 1.807) is 7.11 Å². The highest BCUT2D eigenvalue weighted by molar-refractivity contribution is 5.34. The van der Waals surface area contributed by atoms with E-state index in [1.807, 2.05) is 6.92 Å². The van der Waals surface area contributed by atoms with Crippen molar-refractivity contribution < 1.29 is 4.74 Å². The SMILES string of the molecule is COc1nc2c(cc1C)CN(C)CC2. The van der Waals surface area contributed by atoms with Crippen LogP contribution in [0.4, 0.5) is 0 Å². The first-order valence-corrected chi connectivity index (χ1v) is 4.92. The molecule has 0 unspecified atom stereocenters. The first kappa shape index (κ1) is 9.46. The quantitative estimate of drug-likeness (QED) is 0.672. The molecule has 1 aromatic heterocycles. The number of rotatable bonds is 1. The Balaban J connectivity index is 2.40. The molecule has 14 heavy (non-hydrogen) atoms. The molecule has 0 N–H and O–H groups in total. The molecule has 1 aliphatic heterocycles. The first-order valence-electron chi connectivity index (χ1n) is 4.92. The van der Waals surface area contributed by atoms with Gasteiger partial charge in [-0.3, -0.25) is 0 Å². The Morgan fingerprint density at radius 2 is 2.29 bits per heavy atom. The minimum atomic E-state index is 0.772. The Morgan fingerprint density at radius 1 is 1.50 bits per heavy atom. The van der Waals surface area contributed by atoms with Crippen molar-refractivity contribution in [3.63, 3.8) is 0 Å². The van der Waals surface area contributed by atoms with Crippen molar-refractivity contribution in [2.24, 2.45) is 0 Å². The summed E-state index contributed by atoms with van der Waals surface area (Å²) < 4.78 is 5.21. The van der Waals surface area contributed by atoms with Crippen molar-refractivity contribution in [3.8, 4) is 5.88 Å². The van der Waals surface area contributed by atoms with Crippen LogP contribution in [0.1, 0.15) is 16.8 Å². The highest BCUT2D eigenvalue weighted by Gasteiger charge is 2.16. The van der Waals surface area contributed by atoms with Crippen LogP contribution in [-0.2, 0) is 13.0 Å². The molecule has 0 saturated carbocycles. The van der Waals surface area contributed by atoms with E-state index in [2.05, 4.69) is 23.0 Å². The number of fused-ring (bicyclic) bond motifs is 1. The molecule has 0 saturated heterocycles. The maximum Gasteiger partial charge on any atom is 0.216 e. The van der Waals surface area contributed by atoms with Gasteiger partial charge in [-0.25, -0.2) is 4.98 Å². The molecule has 2 heterocycles. The summed E-state index contributed by atoms with van der Waals surface area (Å²) in [6.07, 6.45) is 1.03. The molecule has 0 aromatic carbocycles. The van der Waals surface area contributed by atoms with Crippen molar-refractivity contribution in [3.05, 3.63) is 22.9 Å². The van der Waals surface area contributed by atoms with Crippen molar-refractivity contribution in [2.45, 2.75) is 19.9 Å². The van der Waals surface area contributed by atoms with E-state index in [-0.39, 0.29) is 0 Å². The van der Waals surface area contributed by atoms with Gasteiger partial charge in [0.15, 0.2) is 0 Å². The number of ether oxygens (including phenoxy) is 1. The van der Waals surface area contributed by atoms with Crippen LogP contribution in [0.5, 0.6) is 5.88 Å². The number of aromatic nitrogens is 1. The van der Waals surface area contributed by atoms with Crippen molar-refractivity contribution in [1.82, 2.24) is 9.88 Å². The number of hydrogen-bond donors (Lipinski definition) is 0. The number of aryl methyl sites for hydroxylation is 1. The summed E-state index contributed by atoms with van der Waals surface area (Å²) in [4.78, 5) is 6.83. The van der Waals surface area contributed by atoms with Gasteiger partial charge in [0, 0.05) is 25.1 Å². The molecule has 0 atom stereocenters. The van der Waals surface area contributed by atoms with E-state index < -0.39 is 0 Å². The average molecular weight is 192 g/mol. The predicted molar refractivity (Wildman–Crippen MR) is 55.6 cm³/mol. The molecule has 1 aromatic rings. The molecule has 3 nitrogen and oxygen atoms in total. The van der Waals surface area contributed by atoms with Crippen LogP contribution in [-0.4, -0.2) is 30.6 Å². The van der Waals surface area contributed by atoms with Crippen LogP contribution in [0.15, 0.2) is 6.07 Å². The van der Waals surface area contributed by atoms with Crippen LogP contribution in [0.3, 0.4) is 0 Å². The van der Waals surface area contributed by atoms with Gasteiger partial charge in [0.25, 0.3) is 0 Å². The van der Waals surface area contributed by atoms with Gasteiger partial charge < -0.3 is 9.64 Å². The monoisotopic (exact) mass is 192 g/mol. The molecule has 3 heteroatoms. The zero-order valence-corrected chi connectivity index (χ0v) is 9.00. The first-order chi connectivity index (χ1) is 6.70. The topological polar surface area (TPSA) is 25.4 Å². The Morgan fingerprint density at radius 3 is 3.00 bits per heavy atom. The van der Waals surface area contributed by atoms with Crippen LogP contribution >= 0.6 is 0 Å². The fourth-order valence-electron chi connectivity index (χ4n) is 1.92. The van der Waals surface area contributed by atoms with Crippen LogP contribution < -0.4 is 4.74 Å². The van der Waals surface area contributed by atoms with Crippen LogP contribution in [0.2, 0.25) is 0 Å². The normalized spacial score (nSPS) is 16.5. The maximum absolute atomic E-state index is 5.21. The van der Waals surface area contributed by atoms with Gasteiger partial charge in [-0.05, 0) is 25.6 Å². The third-order valence-electron chi connectivity index (χ3n) is 2.70. The Hall–Kier alpha value is -1.09. The fraction of sp³-hybridized carbons (Fsp3) is 0.545. The van der Waals surface area contributed by atoms with E-state index >= 15 is 0 Å². The lowest BCUT2D eigenvalue weighted by Gasteiger charge is -2.24. The zero-order valence-electron chi connectivity index (χ0n) is 9.00. The van der Waals surface area contributed by atoms with Gasteiger partial charge in [0.1, 0.15) is 0 Å². The number of nitrogens with zero attached hydrogens (tertiary/aromatic N) is 2. The summed E-state index contributed by atoms with van der Waals surface area (Å²) in [5.74, 6) is 0.772. The lowest BCUT2D eigenvalue weighted by atomic mass is 10.0. The van der Waals surface area contributed by atoms with Gasteiger partial charge in [-0.15, -0.1) is 0 Å². The van der Waals surface area contributed by atoms with E-state index in [9.17, 15) is 0 Å². The highest BCUT2D eigenvalue weighted by atomic mass is 16.5. The van der Waals surface area contributed by atoms with Crippen LogP contribution in [0, 0.1) is 6.92 Å². The summed E-state index contributed by atoms with van der Waals surface area (Å²) in [5, 5.41) is 0. The Bertz CT molecular complexity index is 349. The van der Waals surface area contributed by atoms with Gasteiger partial charge >= 0.3 is 0 Å². The Labute approximate surface area is 84.7 Å². The predicted octanol–water partition coefficient (Wildman–Crippen LogP) is 1.39. The molecule has 0 amide bonds. The van der Waals surface area contributed by atoms with E-state index in [1.165, 1.54) is 11.3 Å². The lowest BCUT2D eigenvalue weighted by molar-refractivity contribution is 0.306. The molecular weight excluding hydrogens is 176 g/mol. The Kier molecular flexibility index (Phi) is 2.42. The maximum atomic E-state index is 5.21. The second-order valence-corrected chi connectivity index (χ2v) is 3.91. The summed E-state index contributed by atoms with van der Waals surface area (Å²) in [6, 6.07) is 2.19. The molecule has 0 bridgehead atoms. The minimum absolute atomic E-state index is 0.772. The molecule has 1 aliphatic rings. The number of likely N-dealkylation sites (N-methyl/N-ethyl adjacent to an activating group) is 1. The summed E-state index contributed by atoms with van der Waals surface area (Å²) in [5.41, 5.74) is 3.67. The van der Waals surface area contributed by atoms with E-state index in [0.717, 1.165) is 31.0 Å². The standard InChI is InChI=1S/C11H16N2O/c1-8-6-9-7-13(2)5-4-10(9)12-11(8)14-3/h6H,4-5,7H2,1-3H3. The number of hydrogen-bond acceptors (Lipinski definition) is 3. The van der Waals surface area contributed by atoms with Gasteiger partial charge in [0.2, 0.25) is 5.88 Å². The molecule has 0 radical (unpaired) electrons. The third-order valence-corrected chi connectivity index (χ3v) is 2.70. The lowest BCUT2D eigenvalue weighted by Crippen LogP contribution is -2.27. The van der Waals surface area contributed by atoms with Gasteiger partial charge in [-0.2, -0.15) is 0 Å². The number of pyridine rings is 1. The van der Waals surface area contributed by atoms with Crippen molar-refractivity contribution in [2.75, 3.05) is 20.7 Å². The summed E-state index contributed by atoms with van der Waals surface area (Å²) in [7, 11) is 3.82. The fourth-order valence-corrected chi connectivity index (χ4v) is 1.92. The summed E-state index contributed by atoms with van der Waals surface area (Å²) >= 11 is 0. The molecule has 2 rings (SSSR count). The average Bonchev–Trinajstić information content (AvgIpc) is 2.16. The third kappa shape index (κ3) is 1.60. The second kappa shape index (κ2) is 3.58. The largest absolute Gasteiger partial charge is 0.481 e.